The summed E-state index contributed by atoms with van der Waals surface area (Å²) >= 11 is 1.40. The Balaban J connectivity index is 1.82. The smallest absolute Gasteiger partial charge is 0.261 e. The summed E-state index contributed by atoms with van der Waals surface area (Å²) in [6.07, 6.45) is 1.72. The Labute approximate surface area is 114 Å². The molecule has 2 N–H and O–H groups in total. The summed E-state index contributed by atoms with van der Waals surface area (Å²) in [6, 6.07) is 5.29. The second-order valence-electron chi connectivity index (χ2n) is 4.02. The lowest BCUT2D eigenvalue weighted by Gasteiger charge is -2.03. The molecule has 0 bridgehead atoms. The number of carbonyl (C=O) groups excluding carboxylic acids is 2. The SMILES string of the molecule is Cc1ccc(C(=O)NCC(=O)Nc2ccn(C)n2)s1. The average molecular weight is 278 g/mol. The Kier molecular flexibility index (Phi) is 3.96. The largest absolute Gasteiger partial charge is 0.342 e. The molecule has 0 saturated heterocycles. The number of rotatable bonds is 4. The molecule has 0 atom stereocenters. The number of nitrogens with one attached hydrogen (secondary N) is 2. The number of anilines is 1. The molecular weight excluding hydrogens is 264 g/mol. The Morgan fingerprint density at radius 3 is 2.74 bits per heavy atom. The highest BCUT2D eigenvalue weighted by Gasteiger charge is 2.10. The fourth-order valence-corrected chi connectivity index (χ4v) is 2.26. The zero-order chi connectivity index (χ0) is 13.8. The highest BCUT2D eigenvalue weighted by Crippen LogP contribution is 2.14. The van der Waals surface area contributed by atoms with Gasteiger partial charge in [-0.05, 0) is 19.1 Å². The van der Waals surface area contributed by atoms with Gasteiger partial charge in [0.1, 0.15) is 0 Å². The Morgan fingerprint density at radius 1 is 1.37 bits per heavy atom. The predicted molar refractivity (Wildman–Crippen MR) is 73.2 cm³/mol. The van der Waals surface area contributed by atoms with Crippen LogP contribution >= 0.6 is 11.3 Å². The summed E-state index contributed by atoms with van der Waals surface area (Å²) in [4.78, 5) is 25.0. The number of aromatic nitrogens is 2. The van der Waals surface area contributed by atoms with Gasteiger partial charge in [-0.3, -0.25) is 14.3 Å². The third-order valence-corrected chi connectivity index (χ3v) is 3.35. The third-order valence-electron chi connectivity index (χ3n) is 2.35. The Morgan fingerprint density at radius 2 is 2.16 bits per heavy atom. The van der Waals surface area contributed by atoms with Crippen LogP contribution in [-0.2, 0) is 11.8 Å². The van der Waals surface area contributed by atoms with Gasteiger partial charge in [0.05, 0.1) is 11.4 Å². The maximum absolute atomic E-state index is 11.7. The minimum absolute atomic E-state index is 0.0770. The van der Waals surface area contributed by atoms with E-state index in [1.54, 1.807) is 30.1 Å². The highest BCUT2D eigenvalue weighted by atomic mass is 32.1. The number of nitrogens with zero attached hydrogens (tertiary/aromatic N) is 2. The number of hydrogen-bond acceptors (Lipinski definition) is 4. The van der Waals surface area contributed by atoms with Crippen molar-refractivity contribution in [3.63, 3.8) is 0 Å². The van der Waals surface area contributed by atoms with Crippen LogP contribution in [0.4, 0.5) is 5.82 Å². The first-order valence-electron chi connectivity index (χ1n) is 5.69. The summed E-state index contributed by atoms with van der Waals surface area (Å²) in [7, 11) is 1.76. The molecule has 0 aliphatic rings. The van der Waals surface area contributed by atoms with Gasteiger partial charge < -0.3 is 10.6 Å². The fraction of sp³-hybridized carbons (Fsp3) is 0.250. The van der Waals surface area contributed by atoms with Crippen LogP contribution in [0.2, 0.25) is 0 Å². The van der Waals surface area contributed by atoms with E-state index in [0.29, 0.717) is 10.7 Å². The van der Waals surface area contributed by atoms with Crippen molar-refractivity contribution in [2.75, 3.05) is 11.9 Å². The van der Waals surface area contributed by atoms with Gasteiger partial charge in [0, 0.05) is 24.2 Å². The molecule has 0 fully saturated rings. The first-order valence-corrected chi connectivity index (χ1v) is 6.50. The zero-order valence-corrected chi connectivity index (χ0v) is 11.5. The summed E-state index contributed by atoms with van der Waals surface area (Å²) < 4.78 is 1.59. The van der Waals surface area contributed by atoms with Gasteiger partial charge in [0.25, 0.3) is 5.91 Å². The molecule has 0 aliphatic heterocycles. The summed E-state index contributed by atoms with van der Waals surface area (Å²) in [5, 5.41) is 9.17. The molecule has 2 amide bonds. The van der Waals surface area contributed by atoms with Gasteiger partial charge in [-0.2, -0.15) is 5.10 Å². The minimum Gasteiger partial charge on any atom is -0.342 e. The molecule has 100 valence electrons. The van der Waals surface area contributed by atoms with E-state index in [1.807, 2.05) is 13.0 Å². The number of aryl methyl sites for hydroxylation is 2. The molecule has 2 aromatic heterocycles. The average Bonchev–Trinajstić information content (AvgIpc) is 2.95. The van der Waals surface area contributed by atoms with Crippen molar-refractivity contribution in [1.82, 2.24) is 15.1 Å². The molecule has 6 nitrogen and oxygen atoms in total. The molecule has 2 aromatic rings. The van der Waals surface area contributed by atoms with E-state index in [9.17, 15) is 9.59 Å². The van der Waals surface area contributed by atoms with Crippen molar-refractivity contribution in [3.05, 3.63) is 34.2 Å². The van der Waals surface area contributed by atoms with Crippen LogP contribution in [0.15, 0.2) is 24.4 Å². The zero-order valence-electron chi connectivity index (χ0n) is 10.6. The standard InChI is InChI=1S/C12H14N4O2S/c1-8-3-4-9(19-8)12(18)13-7-11(17)14-10-5-6-16(2)15-10/h3-6H,7H2,1-2H3,(H,13,18)(H,14,15,17). The van der Waals surface area contributed by atoms with E-state index in [1.165, 1.54) is 11.3 Å². The molecule has 0 radical (unpaired) electrons. The molecule has 0 unspecified atom stereocenters. The van der Waals surface area contributed by atoms with Gasteiger partial charge in [0.2, 0.25) is 5.91 Å². The van der Waals surface area contributed by atoms with E-state index < -0.39 is 0 Å². The molecule has 0 spiro atoms. The Hall–Kier alpha value is -2.15. The molecule has 0 aliphatic carbocycles. The molecule has 2 heterocycles. The van der Waals surface area contributed by atoms with Crippen molar-refractivity contribution in [3.8, 4) is 0 Å². The van der Waals surface area contributed by atoms with Crippen molar-refractivity contribution >= 4 is 29.0 Å². The number of hydrogen-bond donors (Lipinski definition) is 2. The third kappa shape index (κ3) is 3.65. The van der Waals surface area contributed by atoms with Gasteiger partial charge >= 0.3 is 0 Å². The number of amides is 2. The van der Waals surface area contributed by atoms with Crippen LogP contribution < -0.4 is 10.6 Å². The van der Waals surface area contributed by atoms with E-state index in [-0.39, 0.29) is 18.4 Å². The van der Waals surface area contributed by atoms with E-state index >= 15 is 0 Å². The highest BCUT2D eigenvalue weighted by molar-refractivity contribution is 7.13. The lowest BCUT2D eigenvalue weighted by atomic mass is 10.4. The maximum Gasteiger partial charge on any atom is 0.261 e. The second kappa shape index (κ2) is 5.66. The van der Waals surface area contributed by atoms with Crippen molar-refractivity contribution in [2.24, 2.45) is 7.05 Å². The molecule has 2 rings (SSSR count). The quantitative estimate of drug-likeness (QED) is 0.881. The van der Waals surface area contributed by atoms with Crippen LogP contribution in [-0.4, -0.2) is 28.1 Å². The number of carbonyl (C=O) groups is 2. The van der Waals surface area contributed by atoms with Gasteiger partial charge in [-0.15, -0.1) is 11.3 Å². The molecule has 7 heteroatoms. The van der Waals surface area contributed by atoms with Crippen LogP contribution in [0.25, 0.3) is 0 Å². The summed E-state index contributed by atoms with van der Waals surface area (Å²) in [5.41, 5.74) is 0. The summed E-state index contributed by atoms with van der Waals surface area (Å²) in [6.45, 7) is 1.85. The summed E-state index contributed by atoms with van der Waals surface area (Å²) in [5.74, 6) is -0.0803. The van der Waals surface area contributed by atoms with E-state index in [2.05, 4.69) is 15.7 Å². The van der Waals surface area contributed by atoms with Gasteiger partial charge in [0.15, 0.2) is 5.82 Å². The predicted octanol–water partition coefficient (Wildman–Crippen LogP) is 1.16. The Bertz CT molecular complexity index is 602. The first-order chi connectivity index (χ1) is 9.04. The van der Waals surface area contributed by atoms with Crippen molar-refractivity contribution in [2.45, 2.75) is 6.92 Å². The van der Waals surface area contributed by atoms with Crippen LogP contribution in [0.1, 0.15) is 14.5 Å². The fourth-order valence-electron chi connectivity index (χ4n) is 1.47. The molecule has 0 aromatic carbocycles. The second-order valence-corrected chi connectivity index (χ2v) is 5.30. The van der Waals surface area contributed by atoms with E-state index in [0.717, 1.165) is 4.88 Å². The van der Waals surface area contributed by atoms with Crippen LogP contribution in [0.5, 0.6) is 0 Å². The van der Waals surface area contributed by atoms with Crippen LogP contribution in [0.3, 0.4) is 0 Å². The monoisotopic (exact) mass is 278 g/mol. The lowest BCUT2D eigenvalue weighted by molar-refractivity contribution is -0.115. The van der Waals surface area contributed by atoms with Crippen molar-refractivity contribution in [1.29, 1.82) is 0 Å². The maximum atomic E-state index is 11.7. The van der Waals surface area contributed by atoms with Gasteiger partial charge in [-0.1, -0.05) is 0 Å². The molecular formula is C12H14N4O2S. The number of thiophene rings is 1. The molecule has 0 saturated carbocycles. The van der Waals surface area contributed by atoms with Crippen molar-refractivity contribution < 1.29 is 9.59 Å². The minimum atomic E-state index is -0.305. The van der Waals surface area contributed by atoms with Gasteiger partial charge in [-0.25, -0.2) is 0 Å². The first kappa shape index (κ1) is 13.3. The van der Waals surface area contributed by atoms with Crippen LogP contribution in [0, 0.1) is 6.92 Å². The molecule has 19 heavy (non-hydrogen) atoms. The lowest BCUT2D eigenvalue weighted by Crippen LogP contribution is -2.32. The normalized spacial score (nSPS) is 10.2. The topological polar surface area (TPSA) is 76.0 Å². The van der Waals surface area contributed by atoms with E-state index in [4.69, 9.17) is 0 Å².